The molecule has 6 heteroatoms. The SMILES string of the molecule is COC(=O)C(c1ccc(F)c(Cl)c1)N1CCNCC1. The predicted octanol–water partition coefficient (Wildman–Crippen LogP) is 1.60. The van der Waals surface area contributed by atoms with Crippen molar-refractivity contribution in [1.82, 2.24) is 10.2 Å². The largest absolute Gasteiger partial charge is 0.468 e. The summed E-state index contributed by atoms with van der Waals surface area (Å²) in [7, 11) is 1.35. The van der Waals surface area contributed by atoms with E-state index in [0.717, 1.165) is 26.2 Å². The van der Waals surface area contributed by atoms with Crippen LogP contribution in [0.2, 0.25) is 5.02 Å². The number of carbonyl (C=O) groups is 1. The zero-order chi connectivity index (χ0) is 13.8. The normalized spacial score (nSPS) is 18.1. The highest BCUT2D eigenvalue weighted by Crippen LogP contribution is 2.26. The lowest BCUT2D eigenvalue weighted by Gasteiger charge is -2.33. The molecule has 1 aromatic carbocycles. The molecule has 0 aliphatic carbocycles. The van der Waals surface area contributed by atoms with Gasteiger partial charge in [-0.1, -0.05) is 17.7 Å². The van der Waals surface area contributed by atoms with Crippen LogP contribution >= 0.6 is 11.6 Å². The van der Waals surface area contributed by atoms with Crippen LogP contribution in [-0.2, 0) is 9.53 Å². The molecule has 4 nitrogen and oxygen atoms in total. The number of methoxy groups -OCH3 is 1. The van der Waals surface area contributed by atoms with Gasteiger partial charge in [0.25, 0.3) is 0 Å². The van der Waals surface area contributed by atoms with Crippen molar-refractivity contribution in [2.24, 2.45) is 0 Å². The Morgan fingerprint density at radius 1 is 1.47 bits per heavy atom. The molecule has 0 amide bonds. The molecule has 1 aliphatic heterocycles. The summed E-state index contributed by atoms with van der Waals surface area (Å²) in [5.41, 5.74) is 0.653. The molecule has 1 N–H and O–H groups in total. The zero-order valence-corrected chi connectivity index (χ0v) is 11.4. The van der Waals surface area contributed by atoms with Gasteiger partial charge in [0.05, 0.1) is 12.1 Å². The van der Waals surface area contributed by atoms with Crippen LogP contribution in [0.1, 0.15) is 11.6 Å². The van der Waals surface area contributed by atoms with E-state index >= 15 is 0 Å². The Labute approximate surface area is 116 Å². The van der Waals surface area contributed by atoms with Crippen LogP contribution in [-0.4, -0.2) is 44.2 Å². The summed E-state index contributed by atoms with van der Waals surface area (Å²) >= 11 is 5.79. The topological polar surface area (TPSA) is 41.6 Å². The Morgan fingerprint density at radius 2 is 2.16 bits per heavy atom. The van der Waals surface area contributed by atoms with Gasteiger partial charge in [-0.05, 0) is 17.7 Å². The molecule has 1 unspecified atom stereocenters. The van der Waals surface area contributed by atoms with E-state index in [1.807, 2.05) is 4.90 Å². The van der Waals surface area contributed by atoms with Gasteiger partial charge in [0.15, 0.2) is 0 Å². The lowest BCUT2D eigenvalue weighted by molar-refractivity contribution is -0.147. The smallest absolute Gasteiger partial charge is 0.327 e. The van der Waals surface area contributed by atoms with Gasteiger partial charge < -0.3 is 10.1 Å². The Bertz CT molecular complexity index is 464. The quantitative estimate of drug-likeness (QED) is 0.857. The van der Waals surface area contributed by atoms with Crippen molar-refractivity contribution in [2.45, 2.75) is 6.04 Å². The molecule has 0 aromatic heterocycles. The number of nitrogens with zero attached hydrogens (tertiary/aromatic N) is 1. The van der Waals surface area contributed by atoms with Crippen LogP contribution in [0.15, 0.2) is 18.2 Å². The number of carbonyl (C=O) groups excluding carboxylic acids is 1. The predicted molar refractivity (Wildman–Crippen MR) is 70.6 cm³/mol. The first kappa shape index (κ1) is 14.2. The lowest BCUT2D eigenvalue weighted by Crippen LogP contribution is -2.47. The Morgan fingerprint density at radius 3 is 2.74 bits per heavy atom. The number of halogens is 2. The molecule has 1 saturated heterocycles. The number of hydrogen-bond acceptors (Lipinski definition) is 4. The Kier molecular flexibility index (Phi) is 4.74. The van der Waals surface area contributed by atoms with E-state index in [1.165, 1.54) is 19.2 Å². The molecule has 0 spiro atoms. The Balaban J connectivity index is 2.30. The standard InChI is InChI=1S/C13H16ClFN2O2/c1-19-13(18)12(17-6-4-16-5-7-17)9-2-3-11(15)10(14)8-9/h2-3,8,12,16H,4-7H2,1H3. The summed E-state index contributed by atoms with van der Waals surface area (Å²) < 4.78 is 18.1. The highest BCUT2D eigenvalue weighted by molar-refractivity contribution is 6.30. The summed E-state index contributed by atoms with van der Waals surface area (Å²) in [6.07, 6.45) is 0. The second-order valence-corrected chi connectivity index (χ2v) is 4.79. The first-order chi connectivity index (χ1) is 9.13. The average Bonchev–Trinajstić information content (AvgIpc) is 2.44. The third kappa shape index (κ3) is 3.23. The lowest BCUT2D eigenvalue weighted by atomic mass is 10.0. The molecule has 1 fully saturated rings. The van der Waals surface area contributed by atoms with Gasteiger partial charge in [0.2, 0.25) is 0 Å². The molecule has 1 heterocycles. The summed E-state index contributed by atoms with van der Waals surface area (Å²) in [6.45, 7) is 3.08. The maximum atomic E-state index is 13.2. The van der Waals surface area contributed by atoms with E-state index in [4.69, 9.17) is 16.3 Å². The van der Waals surface area contributed by atoms with Crippen LogP contribution in [0.3, 0.4) is 0 Å². The van der Waals surface area contributed by atoms with Crippen LogP contribution < -0.4 is 5.32 Å². The highest BCUT2D eigenvalue weighted by Gasteiger charge is 2.29. The van der Waals surface area contributed by atoms with Crippen LogP contribution in [0.5, 0.6) is 0 Å². The third-order valence-electron chi connectivity index (χ3n) is 3.20. The molecule has 0 radical (unpaired) electrons. The van der Waals surface area contributed by atoms with Gasteiger partial charge in [-0.15, -0.1) is 0 Å². The average molecular weight is 287 g/mol. The molecule has 1 aliphatic rings. The monoisotopic (exact) mass is 286 g/mol. The molecule has 1 aromatic rings. The molecule has 104 valence electrons. The van der Waals surface area contributed by atoms with Crippen LogP contribution in [0, 0.1) is 5.82 Å². The second kappa shape index (κ2) is 6.32. The maximum Gasteiger partial charge on any atom is 0.327 e. The summed E-state index contributed by atoms with van der Waals surface area (Å²) in [6, 6.07) is 3.80. The summed E-state index contributed by atoms with van der Waals surface area (Å²) in [5, 5.41) is 3.23. The fraction of sp³-hybridized carbons (Fsp3) is 0.462. The van der Waals surface area contributed by atoms with E-state index in [0.29, 0.717) is 5.56 Å². The number of hydrogen-bond donors (Lipinski definition) is 1. The zero-order valence-electron chi connectivity index (χ0n) is 10.7. The van der Waals surface area contributed by atoms with E-state index in [2.05, 4.69) is 5.32 Å². The number of ether oxygens (including phenoxy) is 1. The summed E-state index contributed by atoms with van der Waals surface area (Å²) in [5.74, 6) is -0.848. The van der Waals surface area contributed by atoms with Crippen molar-refractivity contribution >= 4 is 17.6 Å². The first-order valence-electron chi connectivity index (χ1n) is 6.11. The van der Waals surface area contributed by atoms with Crippen molar-refractivity contribution < 1.29 is 13.9 Å². The second-order valence-electron chi connectivity index (χ2n) is 4.39. The van der Waals surface area contributed by atoms with Crippen molar-refractivity contribution in [1.29, 1.82) is 0 Å². The van der Waals surface area contributed by atoms with Gasteiger partial charge in [0.1, 0.15) is 11.9 Å². The van der Waals surface area contributed by atoms with Gasteiger partial charge >= 0.3 is 5.97 Å². The molecule has 2 rings (SSSR count). The van der Waals surface area contributed by atoms with Gasteiger partial charge in [-0.3, -0.25) is 4.90 Å². The van der Waals surface area contributed by atoms with Crippen molar-refractivity contribution in [2.75, 3.05) is 33.3 Å². The van der Waals surface area contributed by atoms with E-state index in [-0.39, 0.29) is 11.0 Å². The Hall–Kier alpha value is -1.17. The van der Waals surface area contributed by atoms with Crippen molar-refractivity contribution in [3.8, 4) is 0 Å². The minimum atomic E-state index is -0.537. The highest BCUT2D eigenvalue weighted by atomic mass is 35.5. The minimum Gasteiger partial charge on any atom is -0.468 e. The molecule has 0 bridgehead atoms. The van der Waals surface area contributed by atoms with Gasteiger partial charge in [-0.2, -0.15) is 0 Å². The first-order valence-corrected chi connectivity index (χ1v) is 6.49. The van der Waals surface area contributed by atoms with Gasteiger partial charge in [-0.25, -0.2) is 9.18 Å². The number of piperazine rings is 1. The minimum absolute atomic E-state index is 0.0153. The van der Waals surface area contributed by atoms with E-state index in [9.17, 15) is 9.18 Å². The molecule has 19 heavy (non-hydrogen) atoms. The number of rotatable bonds is 3. The number of esters is 1. The van der Waals surface area contributed by atoms with Gasteiger partial charge in [0, 0.05) is 26.2 Å². The fourth-order valence-corrected chi connectivity index (χ4v) is 2.42. The number of benzene rings is 1. The molecular formula is C13H16ClFN2O2. The van der Waals surface area contributed by atoms with Crippen molar-refractivity contribution in [3.05, 3.63) is 34.6 Å². The fourth-order valence-electron chi connectivity index (χ4n) is 2.23. The van der Waals surface area contributed by atoms with Crippen LogP contribution in [0.25, 0.3) is 0 Å². The summed E-state index contributed by atoms with van der Waals surface area (Å²) in [4.78, 5) is 14.0. The van der Waals surface area contributed by atoms with E-state index < -0.39 is 11.9 Å². The molecule has 1 atom stereocenters. The van der Waals surface area contributed by atoms with Crippen LogP contribution in [0.4, 0.5) is 4.39 Å². The number of nitrogens with one attached hydrogen (secondary N) is 1. The third-order valence-corrected chi connectivity index (χ3v) is 3.49. The maximum absolute atomic E-state index is 13.2. The van der Waals surface area contributed by atoms with E-state index in [1.54, 1.807) is 6.07 Å². The van der Waals surface area contributed by atoms with Crippen molar-refractivity contribution in [3.63, 3.8) is 0 Å². The molecule has 0 saturated carbocycles. The molecular weight excluding hydrogens is 271 g/mol.